The van der Waals surface area contributed by atoms with Gasteiger partial charge in [-0.05, 0) is 32.6 Å². The number of nitrogens with zero attached hydrogens (tertiary/aromatic N) is 2. The van der Waals surface area contributed by atoms with Gasteiger partial charge >= 0.3 is 0 Å². The molecule has 1 aromatic rings. The summed E-state index contributed by atoms with van der Waals surface area (Å²) >= 11 is 6.12. The van der Waals surface area contributed by atoms with Gasteiger partial charge in [-0.2, -0.15) is 5.10 Å². The smallest absolute Gasteiger partial charge is 0.287 e. The Hall–Kier alpha value is -1.03. The fraction of sp³-hybridized carbons (Fsp3) is 0.714. The van der Waals surface area contributed by atoms with E-state index in [0.29, 0.717) is 24.2 Å². The highest BCUT2D eigenvalue weighted by Gasteiger charge is 2.21. The second-order valence-electron chi connectivity index (χ2n) is 5.32. The van der Waals surface area contributed by atoms with E-state index in [9.17, 15) is 4.79 Å². The molecular formula is C14H22ClN3O. The highest BCUT2D eigenvalue weighted by Crippen LogP contribution is 2.28. The molecule has 5 heteroatoms. The third-order valence-corrected chi connectivity index (χ3v) is 4.39. The Morgan fingerprint density at radius 1 is 1.47 bits per heavy atom. The summed E-state index contributed by atoms with van der Waals surface area (Å²) in [5.41, 5.74) is 0.444. The standard InChI is InChI=1S/C14H22ClN3O/c1-3-18-14(19)13(15)12(9-16-18)17-10(2)11-7-5-4-6-8-11/h9-11,17H,3-8H2,1-2H3. The van der Waals surface area contributed by atoms with Crippen LogP contribution in [-0.4, -0.2) is 15.8 Å². The van der Waals surface area contributed by atoms with Gasteiger partial charge in [0.25, 0.3) is 5.56 Å². The second kappa shape index (κ2) is 6.42. The van der Waals surface area contributed by atoms with Gasteiger partial charge in [0, 0.05) is 12.6 Å². The first-order valence-electron chi connectivity index (χ1n) is 7.15. The Balaban J connectivity index is 2.10. The van der Waals surface area contributed by atoms with Crippen molar-refractivity contribution in [2.75, 3.05) is 5.32 Å². The molecule has 1 unspecified atom stereocenters. The number of aromatic nitrogens is 2. The van der Waals surface area contributed by atoms with E-state index in [2.05, 4.69) is 17.3 Å². The van der Waals surface area contributed by atoms with Crippen LogP contribution in [0, 0.1) is 5.92 Å². The monoisotopic (exact) mass is 283 g/mol. The summed E-state index contributed by atoms with van der Waals surface area (Å²) < 4.78 is 1.37. The molecule has 106 valence electrons. The SMILES string of the molecule is CCn1ncc(NC(C)C2CCCCC2)c(Cl)c1=O. The van der Waals surface area contributed by atoms with E-state index in [4.69, 9.17) is 11.6 Å². The van der Waals surface area contributed by atoms with Crippen molar-refractivity contribution in [3.63, 3.8) is 0 Å². The second-order valence-corrected chi connectivity index (χ2v) is 5.70. The topological polar surface area (TPSA) is 46.9 Å². The maximum atomic E-state index is 11.9. The molecule has 1 fully saturated rings. The van der Waals surface area contributed by atoms with Gasteiger partial charge in [0.1, 0.15) is 5.02 Å². The van der Waals surface area contributed by atoms with Gasteiger partial charge in [-0.25, -0.2) is 4.68 Å². The van der Waals surface area contributed by atoms with Crippen molar-refractivity contribution in [1.82, 2.24) is 9.78 Å². The molecule has 1 aliphatic rings. The van der Waals surface area contributed by atoms with Crippen LogP contribution in [-0.2, 0) is 6.54 Å². The lowest BCUT2D eigenvalue weighted by Gasteiger charge is -2.29. The van der Waals surface area contributed by atoms with Crippen LogP contribution in [0.25, 0.3) is 0 Å². The Morgan fingerprint density at radius 3 is 2.79 bits per heavy atom. The van der Waals surface area contributed by atoms with E-state index in [1.54, 1.807) is 6.20 Å². The zero-order chi connectivity index (χ0) is 13.8. The highest BCUT2D eigenvalue weighted by atomic mass is 35.5. The first-order chi connectivity index (χ1) is 9.13. The molecule has 2 rings (SSSR count). The number of rotatable bonds is 4. The predicted molar refractivity (Wildman–Crippen MR) is 78.8 cm³/mol. The van der Waals surface area contributed by atoms with Gasteiger partial charge in [-0.3, -0.25) is 4.79 Å². The van der Waals surface area contributed by atoms with E-state index in [1.807, 2.05) is 6.92 Å². The van der Waals surface area contributed by atoms with E-state index in [1.165, 1.54) is 36.8 Å². The van der Waals surface area contributed by atoms with Gasteiger partial charge in [-0.15, -0.1) is 0 Å². The zero-order valence-electron chi connectivity index (χ0n) is 11.7. The van der Waals surface area contributed by atoms with Crippen LogP contribution in [0.2, 0.25) is 5.02 Å². The summed E-state index contributed by atoms with van der Waals surface area (Å²) in [5, 5.41) is 7.73. The summed E-state index contributed by atoms with van der Waals surface area (Å²) in [6, 6.07) is 0.330. The third-order valence-electron chi connectivity index (χ3n) is 4.02. The molecule has 1 saturated carbocycles. The summed E-state index contributed by atoms with van der Waals surface area (Å²) in [4.78, 5) is 11.9. The highest BCUT2D eigenvalue weighted by molar-refractivity contribution is 6.32. The molecule has 0 saturated heterocycles. The van der Waals surface area contributed by atoms with Gasteiger partial charge in [0.05, 0.1) is 11.9 Å². The van der Waals surface area contributed by atoms with Crippen LogP contribution < -0.4 is 10.9 Å². The molecule has 0 aromatic carbocycles. The molecule has 1 N–H and O–H groups in total. The predicted octanol–water partition coefficient (Wildman–Crippen LogP) is 3.30. The average Bonchev–Trinajstić information content (AvgIpc) is 2.45. The Bertz CT molecular complexity index is 480. The number of hydrogen-bond donors (Lipinski definition) is 1. The number of halogens is 1. The molecule has 0 amide bonds. The fourth-order valence-corrected chi connectivity index (χ4v) is 2.99. The van der Waals surface area contributed by atoms with E-state index >= 15 is 0 Å². The van der Waals surface area contributed by atoms with E-state index in [0.717, 1.165) is 0 Å². The lowest BCUT2D eigenvalue weighted by atomic mass is 9.84. The average molecular weight is 284 g/mol. The van der Waals surface area contributed by atoms with Crippen molar-refractivity contribution in [3.8, 4) is 0 Å². The summed E-state index contributed by atoms with van der Waals surface area (Å²) in [6.45, 7) is 4.58. The lowest BCUT2D eigenvalue weighted by Crippen LogP contribution is -2.30. The number of anilines is 1. The minimum absolute atomic E-state index is 0.218. The molecule has 0 aliphatic heterocycles. The maximum Gasteiger partial charge on any atom is 0.287 e. The largest absolute Gasteiger partial charge is 0.380 e. The Morgan fingerprint density at radius 2 is 2.16 bits per heavy atom. The van der Waals surface area contributed by atoms with Crippen LogP contribution in [0.4, 0.5) is 5.69 Å². The van der Waals surface area contributed by atoms with E-state index < -0.39 is 0 Å². The van der Waals surface area contributed by atoms with Gasteiger partial charge in [-0.1, -0.05) is 30.9 Å². The van der Waals surface area contributed by atoms with Crippen LogP contribution in [0.3, 0.4) is 0 Å². The molecule has 1 aromatic heterocycles. The van der Waals surface area contributed by atoms with Crippen LogP contribution in [0.15, 0.2) is 11.0 Å². The van der Waals surface area contributed by atoms with Crippen molar-refractivity contribution < 1.29 is 0 Å². The molecule has 0 radical (unpaired) electrons. The van der Waals surface area contributed by atoms with Crippen molar-refractivity contribution in [2.24, 2.45) is 5.92 Å². The molecule has 1 heterocycles. The molecular weight excluding hydrogens is 262 g/mol. The van der Waals surface area contributed by atoms with Crippen LogP contribution >= 0.6 is 11.6 Å². The Kier molecular flexibility index (Phi) is 4.86. The van der Waals surface area contributed by atoms with Gasteiger partial charge in [0.2, 0.25) is 0 Å². The third kappa shape index (κ3) is 3.30. The minimum Gasteiger partial charge on any atom is -0.380 e. The number of nitrogens with one attached hydrogen (secondary N) is 1. The minimum atomic E-state index is -0.218. The molecule has 19 heavy (non-hydrogen) atoms. The Labute approximate surface area is 119 Å². The molecule has 4 nitrogen and oxygen atoms in total. The first-order valence-corrected chi connectivity index (χ1v) is 7.53. The van der Waals surface area contributed by atoms with Crippen molar-refractivity contribution in [1.29, 1.82) is 0 Å². The summed E-state index contributed by atoms with van der Waals surface area (Å²) in [5.74, 6) is 0.665. The van der Waals surface area contributed by atoms with Crippen LogP contribution in [0.5, 0.6) is 0 Å². The molecule has 1 atom stereocenters. The maximum absolute atomic E-state index is 11.9. The van der Waals surface area contributed by atoms with Gasteiger partial charge < -0.3 is 5.32 Å². The normalized spacial score (nSPS) is 18.3. The van der Waals surface area contributed by atoms with Crippen molar-refractivity contribution in [2.45, 2.75) is 58.5 Å². The van der Waals surface area contributed by atoms with E-state index in [-0.39, 0.29) is 10.6 Å². The van der Waals surface area contributed by atoms with Crippen molar-refractivity contribution >= 4 is 17.3 Å². The molecule has 0 bridgehead atoms. The zero-order valence-corrected chi connectivity index (χ0v) is 12.4. The quantitative estimate of drug-likeness (QED) is 0.922. The molecule has 1 aliphatic carbocycles. The number of hydrogen-bond acceptors (Lipinski definition) is 3. The number of aryl methyl sites for hydroxylation is 1. The van der Waals surface area contributed by atoms with Crippen molar-refractivity contribution in [3.05, 3.63) is 21.6 Å². The van der Waals surface area contributed by atoms with Gasteiger partial charge in [0.15, 0.2) is 0 Å². The molecule has 0 spiro atoms. The summed E-state index contributed by atoms with van der Waals surface area (Å²) in [7, 11) is 0. The first kappa shape index (κ1) is 14.4. The lowest BCUT2D eigenvalue weighted by molar-refractivity contribution is 0.328. The summed E-state index contributed by atoms with van der Waals surface area (Å²) in [6.07, 6.45) is 8.13. The van der Waals surface area contributed by atoms with Crippen LogP contribution in [0.1, 0.15) is 46.0 Å². The fourth-order valence-electron chi connectivity index (χ4n) is 2.79.